The maximum atomic E-state index is 12.2. The van der Waals surface area contributed by atoms with Crippen LogP contribution in [0.2, 0.25) is 15.1 Å². The molecule has 148 valence electrons. The quantitative estimate of drug-likeness (QED) is 0.336. The Kier molecular flexibility index (Phi) is 5.67. The molecule has 0 saturated carbocycles. The summed E-state index contributed by atoms with van der Waals surface area (Å²) in [5.41, 5.74) is 3.00. The first-order valence-corrected chi connectivity index (χ1v) is 9.61. The van der Waals surface area contributed by atoms with Crippen molar-refractivity contribution < 1.29 is 18.7 Å². The minimum atomic E-state index is -0.802. The van der Waals surface area contributed by atoms with Gasteiger partial charge in [-0.15, -0.1) is 0 Å². The number of nitrogens with zero attached hydrogens (tertiary/aromatic N) is 1. The zero-order valence-corrected chi connectivity index (χ0v) is 17.0. The van der Waals surface area contributed by atoms with Crippen molar-refractivity contribution >= 4 is 46.9 Å². The smallest absolute Gasteiger partial charge is 0.284 e. The highest BCUT2D eigenvalue weighted by molar-refractivity contribution is 6.44. The number of hydrogen-bond acceptors (Lipinski definition) is 5. The molecule has 0 radical (unpaired) electrons. The molecule has 1 aliphatic rings. The van der Waals surface area contributed by atoms with Crippen LogP contribution in [-0.4, -0.2) is 24.8 Å². The van der Waals surface area contributed by atoms with E-state index in [0.29, 0.717) is 43.7 Å². The molecule has 9 heteroatoms. The third-order valence-corrected chi connectivity index (χ3v) is 5.10. The Morgan fingerprint density at radius 1 is 1.03 bits per heavy atom. The van der Waals surface area contributed by atoms with Gasteiger partial charge in [-0.25, -0.2) is 5.43 Å². The average molecular weight is 452 g/mol. The molecule has 3 aromatic rings. The van der Waals surface area contributed by atoms with Gasteiger partial charge in [0.25, 0.3) is 5.91 Å². The number of carbonyl (C=O) groups excluding carboxylic acids is 1. The lowest BCUT2D eigenvalue weighted by molar-refractivity contribution is -0.130. The molecule has 0 unspecified atom stereocenters. The van der Waals surface area contributed by atoms with Crippen molar-refractivity contribution in [3.05, 3.63) is 69.4 Å². The predicted octanol–water partition coefficient (Wildman–Crippen LogP) is 5.20. The summed E-state index contributed by atoms with van der Waals surface area (Å²) in [5.74, 6) is 1.58. The number of carbonyl (C=O) groups is 1. The van der Waals surface area contributed by atoms with Crippen molar-refractivity contribution in [1.29, 1.82) is 0 Å². The van der Waals surface area contributed by atoms with Crippen LogP contribution in [0, 0.1) is 0 Å². The van der Waals surface area contributed by atoms with Gasteiger partial charge in [-0.1, -0.05) is 46.9 Å². The van der Waals surface area contributed by atoms with Gasteiger partial charge in [0.2, 0.25) is 6.10 Å². The van der Waals surface area contributed by atoms with E-state index in [9.17, 15) is 4.79 Å². The van der Waals surface area contributed by atoms with Crippen molar-refractivity contribution in [3.8, 4) is 22.8 Å². The van der Waals surface area contributed by atoms with Crippen LogP contribution in [0.15, 0.2) is 58.0 Å². The van der Waals surface area contributed by atoms with Crippen LogP contribution in [-0.2, 0) is 4.79 Å². The zero-order chi connectivity index (χ0) is 20.4. The highest BCUT2D eigenvalue weighted by Crippen LogP contribution is 2.36. The number of rotatable bonds is 4. The molecule has 0 aliphatic carbocycles. The predicted molar refractivity (Wildman–Crippen MR) is 111 cm³/mol. The van der Waals surface area contributed by atoms with Crippen LogP contribution in [0.5, 0.6) is 11.5 Å². The minimum absolute atomic E-state index is 0.0963. The number of furan rings is 1. The number of ether oxygens (including phenoxy) is 2. The molecule has 2 aromatic carbocycles. The molecule has 1 amide bonds. The highest BCUT2D eigenvalue weighted by Gasteiger charge is 2.27. The first-order chi connectivity index (χ1) is 14.0. The van der Waals surface area contributed by atoms with E-state index in [1.807, 2.05) is 6.07 Å². The molecule has 1 atom stereocenters. The normalized spacial score (nSPS) is 15.5. The van der Waals surface area contributed by atoms with Crippen LogP contribution < -0.4 is 14.9 Å². The van der Waals surface area contributed by atoms with E-state index >= 15 is 0 Å². The lowest BCUT2D eigenvalue weighted by atomic mass is 10.2. The molecular weight excluding hydrogens is 439 g/mol. The van der Waals surface area contributed by atoms with Gasteiger partial charge in [-0.3, -0.25) is 4.79 Å². The molecule has 29 heavy (non-hydrogen) atoms. The van der Waals surface area contributed by atoms with Gasteiger partial charge in [0.05, 0.1) is 21.3 Å². The number of hydrazone groups is 1. The number of hydrogen-bond donors (Lipinski definition) is 1. The van der Waals surface area contributed by atoms with E-state index < -0.39 is 12.0 Å². The van der Waals surface area contributed by atoms with E-state index in [-0.39, 0.29) is 6.61 Å². The number of nitrogens with one attached hydrogen (secondary N) is 1. The summed E-state index contributed by atoms with van der Waals surface area (Å²) in [6.45, 7) is 0.0963. The molecule has 2 heterocycles. The standard InChI is InChI=1S/C20H13Cl3N2O4/c21-13-8-15(23)14(22)7-12(13)16-6-5-11(28-16)9-24-25-20(26)19-10-27-17-3-1-2-4-18(17)29-19/h1-9,19H,10H2,(H,25,26)/b24-9-/t19-/m1/s1. The average Bonchev–Trinajstić information content (AvgIpc) is 3.19. The van der Waals surface area contributed by atoms with Gasteiger partial charge in [0.1, 0.15) is 18.1 Å². The second-order valence-corrected chi connectivity index (χ2v) is 7.27. The molecule has 4 rings (SSSR count). The molecule has 0 saturated heterocycles. The van der Waals surface area contributed by atoms with Gasteiger partial charge in [-0.2, -0.15) is 5.10 Å². The maximum absolute atomic E-state index is 12.2. The molecule has 1 aromatic heterocycles. The van der Waals surface area contributed by atoms with Crippen molar-refractivity contribution in [3.63, 3.8) is 0 Å². The summed E-state index contributed by atoms with van der Waals surface area (Å²) >= 11 is 18.2. The van der Waals surface area contributed by atoms with E-state index in [1.165, 1.54) is 6.21 Å². The van der Waals surface area contributed by atoms with Gasteiger partial charge in [0.15, 0.2) is 11.5 Å². The summed E-state index contributed by atoms with van der Waals surface area (Å²) in [6.07, 6.45) is 0.564. The highest BCUT2D eigenvalue weighted by atomic mass is 35.5. The van der Waals surface area contributed by atoms with Gasteiger partial charge in [-0.05, 0) is 36.4 Å². The molecule has 0 bridgehead atoms. The molecular formula is C20H13Cl3N2O4. The lowest BCUT2D eigenvalue weighted by Gasteiger charge is -2.24. The number of benzene rings is 2. The van der Waals surface area contributed by atoms with Crippen LogP contribution in [0.4, 0.5) is 0 Å². The van der Waals surface area contributed by atoms with Crippen molar-refractivity contribution in [2.75, 3.05) is 6.61 Å². The van der Waals surface area contributed by atoms with Crippen LogP contribution in [0.3, 0.4) is 0 Å². The summed E-state index contributed by atoms with van der Waals surface area (Å²) in [5, 5.41) is 5.02. The fraction of sp³-hybridized carbons (Fsp3) is 0.100. The number of fused-ring (bicyclic) bond motifs is 1. The Morgan fingerprint density at radius 3 is 2.62 bits per heavy atom. The molecule has 1 N–H and O–H groups in total. The Bertz CT molecular complexity index is 1100. The first kappa shape index (κ1) is 19.6. The summed E-state index contributed by atoms with van der Waals surface area (Å²) in [6, 6.07) is 13.7. The van der Waals surface area contributed by atoms with Crippen LogP contribution in [0.25, 0.3) is 11.3 Å². The molecule has 0 spiro atoms. The van der Waals surface area contributed by atoms with E-state index in [2.05, 4.69) is 10.5 Å². The Labute approximate surface area is 181 Å². The largest absolute Gasteiger partial charge is 0.485 e. The Hall–Kier alpha value is -2.67. The summed E-state index contributed by atoms with van der Waals surface area (Å²) < 4.78 is 16.8. The van der Waals surface area contributed by atoms with E-state index in [4.69, 9.17) is 48.7 Å². The maximum Gasteiger partial charge on any atom is 0.284 e. The van der Waals surface area contributed by atoms with Gasteiger partial charge < -0.3 is 13.9 Å². The Morgan fingerprint density at radius 2 is 1.79 bits per heavy atom. The van der Waals surface area contributed by atoms with Crippen molar-refractivity contribution in [1.82, 2.24) is 5.43 Å². The SMILES string of the molecule is O=C(N/N=C\c1ccc(-c2cc(Cl)c(Cl)cc2Cl)o1)[C@H]1COc2ccccc2O1. The second kappa shape index (κ2) is 8.37. The lowest BCUT2D eigenvalue weighted by Crippen LogP contribution is -2.42. The number of halogens is 3. The van der Waals surface area contributed by atoms with Gasteiger partial charge in [0, 0.05) is 5.56 Å². The van der Waals surface area contributed by atoms with Crippen molar-refractivity contribution in [2.45, 2.75) is 6.10 Å². The van der Waals surface area contributed by atoms with Crippen molar-refractivity contribution in [2.24, 2.45) is 5.10 Å². The zero-order valence-electron chi connectivity index (χ0n) is 14.7. The number of amides is 1. The van der Waals surface area contributed by atoms with E-state index in [0.717, 1.165) is 0 Å². The second-order valence-electron chi connectivity index (χ2n) is 6.05. The summed E-state index contributed by atoms with van der Waals surface area (Å²) in [4.78, 5) is 12.2. The van der Waals surface area contributed by atoms with E-state index in [1.54, 1.807) is 42.5 Å². The van der Waals surface area contributed by atoms with Gasteiger partial charge >= 0.3 is 0 Å². The third-order valence-electron chi connectivity index (χ3n) is 4.07. The fourth-order valence-electron chi connectivity index (χ4n) is 2.66. The number of para-hydroxylation sites is 2. The minimum Gasteiger partial charge on any atom is -0.485 e. The fourth-order valence-corrected chi connectivity index (χ4v) is 3.30. The molecule has 1 aliphatic heterocycles. The van der Waals surface area contributed by atoms with Crippen LogP contribution in [0.1, 0.15) is 5.76 Å². The topological polar surface area (TPSA) is 73.1 Å². The summed E-state index contributed by atoms with van der Waals surface area (Å²) in [7, 11) is 0. The molecule has 6 nitrogen and oxygen atoms in total. The Balaban J connectivity index is 1.40. The van der Waals surface area contributed by atoms with Crippen LogP contribution >= 0.6 is 34.8 Å². The first-order valence-electron chi connectivity index (χ1n) is 8.47. The monoisotopic (exact) mass is 450 g/mol. The molecule has 0 fully saturated rings. The third kappa shape index (κ3) is 4.34.